The standard InChI is InChI=1S/C15H13ClN4O2/c16-12-3-1-5-14(9-12)21-7-8-22-15-6-2-4-13(10-15)20-11-17-18-19-20/h1-6,9-11H,7-8H2. The van der Waals surface area contributed by atoms with E-state index in [-0.39, 0.29) is 0 Å². The van der Waals surface area contributed by atoms with Crippen LogP contribution in [0.2, 0.25) is 5.02 Å². The number of rotatable bonds is 6. The summed E-state index contributed by atoms with van der Waals surface area (Å²) in [5.41, 5.74) is 0.832. The van der Waals surface area contributed by atoms with Gasteiger partial charge in [0.1, 0.15) is 31.0 Å². The molecule has 0 amide bonds. The van der Waals surface area contributed by atoms with E-state index in [0.717, 1.165) is 17.2 Å². The third-order valence-electron chi connectivity index (χ3n) is 2.85. The highest BCUT2D eigenvalue weighted by atomic mass is 35.5. The lowest BCUT2D eigenvalue weighted by Crippen LogP contribution is -2.09. The lowest BCUT2D eigenvalue weighted by Gasteiger charge is -2.09. The molecule has 3 rings (SSSR count). The summed E-state index contributed by atoms with van der Waals surface area (Å²) in [5.74, 6) is 1.45. The Balaban J connectivity index is 1.53. The van der Waals surface area contributed by atoms with E-state index < -0.39 is 0 Å². The number of tetrazole rings is 1. The topological polar surface area (TPSA) is 62.1 Å². The van der Waals surface area contributed by atoms with Crippen LogP contribution in [0.1, 0.15) is 0 Å². The Labute approximate surface area is 132 Å². The molecule has 0 spiro atoms. The SMILES string of the molecule is Clc1cccc(OCCOc2cccc(-n3cnnn3)c2)c1. The fraction of sp³-hybridized carbons (Fsp3) is 0.133. The summed E-state index contributed by atoms with van der Waals surface area (Å²) in [7, 11) is 0. The van der Waals surface area contributed by atoms with E-state index in [1.807, 2.05) is 36.4 Å². The maximum Gasteiger partial charge on any atom is 0.143 e. The van der Waals surface area contributed by atoms with Gasteiger partial charge in [0, 0.05) is 11.1 Å². The van der Waals surface area contributed by atoms with Crippen LogP contribution in [-0.4, -0.2) is 33.4 Å². The summed E-state index contributed by atoms with van der Waals surface area (Å²) in [6.07, 6.45) is 1.53. The number of halogens is 1. The quantitative estimate of drug-likeness (QED) is 0.654. The van der Waals surface area contributed by atoms with E-state index in [4.69, 9.17) is 21.1 Å². The first-order chi connectivity index (χ1) is 10.8. The molecule has 0 aliphatic heterocycles. The molecule has 1 heterocycles. The molecule has 0 bridgehead atoms. The van der Waals surface area contributed by atoms with Crippen LogP contribution in [0.3, 0.4) is 0 Å². The van der Waals surface area contributed by atoms with Gasteiger partial charge in [-0.1, -0.05) is 23.7 Å². The highest BCUT2D eigenvalue weighted by Gasteiger charge is 2.01. The molecule has 7 heteroatoms. The molecule has 0 unspecified atom stereocenters. The molecular weight excluding hydrogens is 304 g/mol. The molecule has 3 aromatic rings. The third kappa shape index (κ3) is 3.73. The van der Waals surface area contributed by atoms with E-state index >= 15 is 0 Å². The van der Waals surface area contributed by atoms with Crippen LogP contribution in [0, 0.1) is 0 Å². The van der Waals surface area contributed by atoms with Gasteiger partial charge in [-0.2, -0.15) is 0 Å². The highest BCUT2D eigenvalue weighted by Crippen LogP contribution is 2.18. The Kier molecular flexibility index (Phi) is 4.50. The van der Waals surface area contributed by atoms with Crippen LogP contribution in [0.5, 0.6) is 11.5 Å². The highest BCUT2D eigenvalue weighted by molar-refractivity contribution is 6.30. The van der Waals surface area contributed by atoms with Gasteiger partial charge in [-0.25, -0.2) is 4.68 Å². The number of hydrogen-bond acceptors (Lipinski definition) is 5. The number of aromatic nitrogens is 4. The van der Waals surface area contributed by atoms with Crippen molar-refractivity contribution >= 4 is 11.6 Å². The van der Waals surface area contributed by atoms with Crippen molar-refractivity contribution in [2.75, 3.05) is 13.2 Å². The minimum Gasteiger partial charge on any atom is -0.490 e. The summed E-state index contributed by atoms with van der Waals surface area (Å²) in [5, 5.41) is 11.7. The number of hydrogen-bond donors (Lipinski definition) is 0. The molecule has 0 radical (unpaired) electrons. The van der Waals surface area contributed by atoms with Gasteiger partial charge < -0.3 is 9.47 Å². The minimum absolute atomic E-state index is 0.422. The van der Waals surface area contributed by atoms with Gasteiger partial charge in [-0.3, -0.25) is 0 Å². The first kappa shape index (κ1) is 14.3. The normalized spacial score (nSPS) is 10.4. The maximum atomic E-state index is 5.89. The maximum absolute atomic E-state index is 5.89. The van der Waals surface area contributed by atoms with Crippen LogP contribution < -0.4 is 9.47 Å². The molecule has 0 saturated carbocycles. The van der Waals surface area contributed by atoms with Crippen molar-refractivity contribution in [1.29, 1.82) is 0 Å². The number of benzene rings is 2. The monoisotopic (exact) mass is 316 g/mol. The molecule has 2 aromatic carbocycles. The van der Waals surface area contributed by atoms with Crippen molar-refractivity contribution in [2.24, 2.45) is 0 Å². The average molecular weight is 317 g/mol. The van der Waals surface area contributed by atoms with Crippen LogP contribution in [0.4, 0.5) is 0 Å². The zero-order valence-corrected chi connectivity index (χ0v) is 12.3. The predicted octanol–water partition coefficient (Wildman–Crippen LogP) is 2.77. The summed E-state index contributed by atoms with van der Waals surface area (Å²) in [6, 6.07) is 14.8. The van der Waals surface area contributed by atoms with Crippen molar-refractivity contribution in [3.8, 4) is 17.2 Å². The van der Waals surface area contributed by atoms with Gasteiger partial charge in [0.05, 0.1) is 5.69 Å². The van der Waals surface area contributed by atoms with Crippen LogP contribution >= 0.6 is 11.6 Å². The number of nitrogens with zero attached hydrogens (tertiary/aromatic N) is 4. The van der Waals surface area contributed by atoms with E-state index in [9.17, 15) is 0 Å². The molecule has 0 N–H and O–H groups in total. The molecule has 112 valence electrons. The molecule has 22 heavy (non-hydrogen) atoms. The molecule has 1 aromatic heterocycles. The second kappa shape index (κ2) is 6.91. The van der Waals surface area contributed by atoms with Gasteiger partial charge in [0.15, 0.2) is 0 Å². The number of ether oxygens (including phenoxy) is 2. The predicted molar refractivity (Wildman–Crippen MR) is 81.6 cm³/mol. The molecular formula is C15H13ClN4O2. The van der Waals surface area contributed by atoms with Crippen LogP contribution in [-0.2, 0) is 0 Å². The van der Waals surface area contributed by atoms with Crippen molar-refractivity contribution in [3.05, 3.63) is 59.9 Å². The van der Waals surface area contributed by atoms with Gasteiger partial charge in [0.25, 0.3) is 0 Å². The molecule has 0 aliphatic rings. The van der Waals surface area contributed by atoms with Crippen LogP contribution in [0.15, 0.2) is 54.9 Å². The summed E-state index contributed by atoms with van der Waals surface area (Å²) in [6.45, 7) is 0.848. The lowest BCUT2D eigenvalue weighted by molar-refractivity contribution is 0.217. The Hall–Kier alpha value is -2.60. The van der Waals surface area contributed by atoms with E-state index in [1.165, 1.54) is 6.33 Å². The molecule has 0 fully saturated rings. The molecule has 0 aliphatic carbocycles. The second-order valence-electron chi connectivity index (χ2n) is 4.41. The first-order valence-corrected chi connectivity index (χ1v) is 7.04. The summed E-state index contributed by atoms with van der Waals surface area (Å²) >= 11 is 5.89. The Morgan fingerprint density at radius 3 is 2.36 bits per heavy atom. The van der Waals surface area contributed by atoms with Gasteiger partial charge in [-0.05, 0) is 40.8 Å². The van der Waals surface area contributed by atoms with Crippen molar-refractivity contribution in [1.82, 2.24) is 20.2 Å². The third-order valence-corrected chi connectivity index (χ3v) is 3.08. The van der Waals surface area contributed by atoms with Gasteiger partial charge >= 0.3 is 0 Å². The van der Waals surface area contributed by atoms with E-state index in [0.29, 0.717) is 18.2 Å². The van der Waals surface area contributed by atoms with Crippen molar-refractivity contribution in [2.45, 2.75) is 0 Å². The van der Waals surface area contributed by atoms with Gasteiger partial charge in [-0.15, -0.1) is 5.10 Å². The zero-order valence-electron chi connectivity index (χ0n) is 11.6. The Bertz CT molecular complexity index is 734. The van der Waals surface area contributed by atoms with Crippen molar-refractivity contribution < 1.29 is 9.47 Å². The second-order valence-corrected chi connectivity index (χ2v) is 4.84. The summed E-state index contributed by atoms with van der Waals surface area (Å²) < 4.78 is 12.8. The average Bonchev–Trinajstić information content (AvgIpc) is 3.06. The molecule has 0 atom stereocenters. The fourth-order valence-corrected chi connectivity index (χ4v) is 2.05. The van der Waals surface area contributed by atoms with E-state index in [1.54, 1.807) is 16.8 Å². The molecule has 6 nitrogen and oxygen atoms in total. The fourth-order valence-electron chi connectivity index (χ4n) is 1.87. The van der Waals surface area contributed by atoms with Crippen molar-refractivity contribution in [3.63, 3.8) is 0 Å². The Morgan fingerprint density at radius 1 is 0.955 bits per heavy atom. The first-order valence-electron chi connectivity index (χ1n) is 6.66. The zero-order chi connectivity index (χ0) is 15.2. The largest absolute Gasteiger partial charge is 0.490 e. The van der Waals surface area contributed by atoms with Gasteiger partial charge in [0.2, 0.25) is 0 Å². The Morgan fingerprint density at radius 2 is 1.68 bits per heavy atom. The lowest BCUT2D eigenvalue weighted by atomic mass is 10.3. The summed E-state index contributed by atoms with van der Waals surface area (Å²) in [4.78, 5) is 0. The molecule has 0 saturated heterocycles. The smallest absolute Gasteiger partial charge is 0.143 e. The van der Waals surface area contributed by atoms with Crippen LogP contribution in [0.25, 0.3) is 5.69 Å². The minimum atomic E-state index is 0.422. The van der Waals surface area contributed by atoms with E-state index in [2.05, 4.69) is 15.5 Å².